The van der Waals surface area contributed by atoms with Crippen molar-refractivity contribution in [2.45, 2.75) is 13.0 Å². The van der Waals surface area contributed by atoms with Gasteiger partial charge in [-0.1, -0.05) is 13.0 Å². The first-order chi connectivity index (χ1) is 9.17. The number of hydrogen-bond donors (Lipinski definition) is 1. The van der Waals surface area contributed by atoms with Crippen LogP contribution in [0.4, 0.5) is 4.39 Å². The van der Waals surface area contributed by atoms with Crippen LogP contribution in [0.2, 0.25) is 0 Å². The molecule has 0 aliphatic rings. The summed E-state index contributed by atoms with van der Waals surface area (Å²) in [5.41, 5.74) is 1.51. The van der Waals surface area contributed by atoms with E-state index < -0.39 is 0 Å². The monoisotopic (exact) mass is 263 g/mol. The number of rotatable bonds is 5. The minimum absolute atomic E-state index is 0.219. The molecule has 0 saturated carbocycles. The lowest BCUT2D eigenvalue weighted by Crippen LogP contribution is -2.24. The maximum atomic E-state index is 14.2. The first-order valence-electron chi connectivity index (χ1n) is 6.20. The second kappa shape index (κ2) is 5.84. The number of ether oxygens (including phenoxy) is 1. The second-order valence-corrected chi connectivity index (χ2v) is 4.31. The van der Waals surface area contributed by atoms with E-state index in [2.05, 4.69) is 10.3 Å². The topological polar surface area (TPSA) is 39.1 Å². The van der Waals surface area contributed by atoms with Crippen LogP contribution < -0.4 is 10.1 Å². The molecule has 0 radical (unpaired) electrons. The van der Waals surface area contributed by atoms with Gasteiger partial charge in [0, 0.05) is 18.7 Å². The van der Waals surface area contributed by atoms with Crippen molar-refractivity contribution in [2.75, 3.05) is 13.7 Å². The molecular formula is C14H18FN3O. The van der Waals surface area contributed by atoms with Gasteiger partial charge in [-0.3, -0.25) is 0 Å². The van der Waals surface area contributed by atoms with Gasteiger partial charge in [-0.05, 0) is 12.6 Å². The van der Waals surface area contributed by atoms with Crippen LogP contribution in [0.1, 0.15) is 24.2 Å². The maximum absolute atomic E-state index is 14.2. The third-order valence-corrected chi connectivity index (χ3v) is 3.08. The predicted octanol–water partition coefficient (Wildman–Crippen LogP) is 2.27. The number of halogens is 1. The molecule has 0 spiro atoms. The van der Waals surface area contributed by atoms with Gasteiger partial charge in [-0.2, -0.15) is 0 Å². The van der Waals surface area contributed by atoms with E-state index >= 15 is 0 Å². The van der Waals surface area contributed by atoms with E-state index in [1.165, 1.54) is 13.2 Å². The van der Waals surface area contributed by atoms with Crippen molar-refractivity contribution in [3.8, 4) is 5.75 Å². The third-order valence-electron chi connectivity index (χ3n) is 3.08. The Bertz CT molecular complexity index is 553. The fraction of sp³-hybridized carbons (Fsp3) is 0.357. The average Bonchev–Trinajstić information content (AvgIpc) is 2.82. The van der Waals surface area contributed by atoms with E-state index in [4.69, 9.17) is 4.74 Å². The SMILES string of the molecule is CCNC(c1ccc(OC)cc1F)c1cncn1C. The van der Waals surface area contributed by atoms with Crippen LogP contribution in [0.15, 0.2) is 30.7 Å². The lowest BCUT2D eigenvalue weighted by atomic mass is 10.0. The summed E-state index contributed by atoms with van der Waals surface area (Å²) in [5, 5.41) is 3.28. The molecule has 2 aromatic rings. The van der Waals surface area contributed by atoms with Gasteiger partial charge < -0.3 is 14.6 Å². The zero-order valence-electron chi connectivity index (χ0n) is 11.4. The van der Waals surface area contributed by atoms with E-state index in [9.17, 15) is 4.39 Å². The molecule has 1 aromatic carbocycles. The highest BCUT2D eigenvalue weighted by Gasteiger charge is 2.20. The predicted molar refractivity (Wildman–Crippen MR) is 71.7 cm³/mol. The van der Waals surface area contributed by atoms with E-state index in [1.54, 1.807) is 24.7 Å². The van der Waals surface area contributed by atoms with Crippen molar-refractivity contribution < 1.29 is 9.13 Å². The van der Waals surface area contributed by atoms with Crippen LogP contribution in [0, 0.1) is 5.82 Å². The normalized spacial score (nSPS) is 12.4. The standard InChI is InChI=1S/C14H18FN3O/c1-4-17-14(13-8-16-9-18(13)2)11-6-5-10(19-3)7-12(11)15/h5-9,14,17H,4H2,1-3H3. The van der Waals surface area contributed by atoms with E-state index in [0.29, 0.717) is 11.3 Å². The molecule has 19 heavy (non-hydrogen) atoms. The van der Waals surface area contributed by atoms with Crippen molar-refractivity contribution in [3.05, 3.63) is 47.8 Å². The highest BCUT2D eigenvalue weighted by Crippen LogP contribution is 2.26. The fourth-order valence-electron chi connectivity index (χ4n) is 2.09. The first kappa shape index (κ1) is 13.5. The molecule has 1 N–H and O–H groups in total. The summed E-state index contributed by atoms with van der Waals surface area (Å²) in [6.07, 6.45) is 3.46. The Labute approximate surface area is 112 Å². The Hall–Kier alpha value is -1.88. The molecule has 4 nitrogen and oxygen atoms in total. The van der Waals surface area contributed by atoms with E-state index in [1.807, 2.05) is 18.5 Å². The van der Waals surface area contributed by atoms with Gasteiger partial charge in [0.1, 0.15) is 11.6 Å². The van der Waals surface area contributed by atoms with Gasteiger partial charge in [-0.15, -0.1) is 0 Å². The molecule has 0 saturated heterocycles. The molecule has 1 atom stereocenters. The Kier molecular flexibility index (Phi) is 4.16. The summed E-state index contributed by atoms with van der Waals surface area (Å²) < 4.78 is 21.1. The second-order valence-electron chi connectivity index (χ2n) is 4.31. The molecule has 1 unspecified atom stereocenters. The number of benzene rings is 1. The van der Waals surface area contributed by atoms with Crippen molar-refractivity contribution in [1.82, 2.24) is 14.9 Å². The molecule has 5 heteroatoms. The molecular weight excluding hydrogens is 245 g/mol. The van der Waals surface area contributed by atoms with Crippen LogP contribution in [-0.2, 0) is 7.05 Å². The number of hydrogen-bond acceptors (Lipinski definition) is 3. The van der Waals surface area contributed by atoms with Crippen molar-refractivity contribution in [3.63, 3.8) is 0 Å². The van der Waals surface area contributed by atoms with Gasteiger partial charge in [0.15, 0.2) is 0 Å². The summed E-state index contributed by atoms with van der Waals surface area (Å²) in [6.45, 7) is 2.73. The quantitative estimate of drug-likeness (QED) is 0.899. The van der Waals surface area contributed by atoms with Crippen LogP contribution in [-0.4, -0.2) is 23.2 Å². The number of methoxy groups -OCH3 is 1. The number of aryl methyl sites for hydroxylation is 1. The number of nitrogens with zero attached hydrogens (tertiary/aromatic N) is 2. The lowest BCUT2D eigenvalue weighted by Gasteiger charge is -2.19. The van der Waals surface area contributed by atoms with Gasteiger partial charge in [-0.25, -0.2) is 9.37 Å². The first-order valence-corrected chi connectivity index (χ1v) is 6.20. The summed E-state index contributed by atoms with van der Waals surface area (Å²) >= 11 is 0. The van der Waals surface area contributed by atoms with Crippen molar-refractivity contribution >= 4 is 0 Å². The van der Waals surface area contributed by atoms with Gasteiger partial charge in [0.25, 0.3) is 0 Å². The number of nitrogens with one attached hydrogen (secondary N) is 1. The third kappa shape index (κ3) is 2.76. The smallest absolute Gasteiger partial charge is 0.132 e. The minimum Gasteiger partial charge on any atom is -0.497 e. The molecule has 0 fully saturated rings. The zero-order chi connectivity index (χ0) is 13.8. The molecule has 0 amide bonds. The summed E-state index contributed by atoms with van der Waals surface area (Å²) in [5.74, 6) is 0.230. The Morgan fingerprint density at radius 3 is 2.79 bits per heavy atom. The van der Waals surface area contributed by atoms with E-state index in [-0.39, 0.29) is 11.9 Å². The molecule has 2 rings (SSSR count). The summed E-state index contributed by atoms with van der Waals surface area (Å²) in [4.78, 5) is 4.09. The average molecular weight is 263 g/mol. The summed E-state index contributed by atoms with van der Waals surface area (Å²) in [6, 6.07) is 4.69. The number of aromatic nitrogens is 2. The Morgan fingerprint density at radius 1 is 1.47 bits per heavy atom. The van der Waals surface area contributed by atoms with Crippen LogP contribution in [0.25, 0.3) is 0 Å². The molecule has 1 heterocycles. The van der Waals surface area contributed by atoms with Gasteiger partial charge in [0.2, 0.25) is 0 Å². The van der Waals surface area contributed by atoms with Gasteiger partial charge in [0.05, 0.1) is 31.4 Å². The largest absolute Gasteiger partial charge is 0.497 e. The Morgan fingerprint density at radius 2 is 2.26 bits per heavy atom. The summed E-state index contributed by atoms with van der Waals surface area (Å²) in [7, 11) is 3.42. The Balaban J connectivity index is 2.42. The van der Waals surface area contributed by atoms with Crippen LogP contribution in [0.3, 0.4) is 0 Å². The molecule has 0 bridgehead atoms. The fourth-order valence-corrected chi connectivity index (χ4v) is 2.09. The molecule has 0 aliphatic carbocycles. The highest BCUT2D eigenvalue weighted by atomic mass is 19.1. The molecule has 102 valence electrons. The zero-order valence-corrected chi connectivity index (χ0v) is 11.4. The molecule has 0 aliphatic heterocycles. The number of imidazole rings is 1. The van der Waals surface area contributed by atoms with Crippen molar-refractivity contribution in [1.29, 1.82) is 0 Å². The highest BCUT2D eigenvalue weighted by molar-refractivity contribution is 5.34. The van der Waals surface area contributed by atoms with Crippen LogP contribution in [0.5, 0.6) is 5.75 Å². The lowest BCUT2D eigenvalue weighted by molar-refractivity contribution is 0.410. The van der Waals surface area contributed by atoms with Crippen LogP contribution >= 0.6 is 0 Å². The maximum Gasteiger partial charge on any atom is 0.132 e. The minimum atomic E-state index is -0.286. The van der Waals surface area contributed by atoms with Gasteiger partial charge >= 0.3 is 0 Å². The molecule has 1 aromatic heterocycles. The van der Waals surface area contributed by atoms with E-state index in [0.717, 1.165) is 12.2 Å². The van der Waals surface area contributed by atoms with Crippen molar-refractivity contribution in [2.24, 2.45) is 7.05 Å².